The molecule has 2 N–H and O–H groups in total. The highest BCUT2D eigenvalue weighted by Crippen LogP contribution is 2.29. The summed E-state index contributed by atoms with van der Waals surface area (Å²) in [5.74, 6) is -0.471. The maximum atomic E-state index is 12.9. The van der Waals surface area contributed by atoms with Gasteiger partial charge in [0.05, 0.1) is 5.25 Å². The van der Waals surface area contributed by atoms with E-state index in [2.05, 4.69) is 10.6 Å². The number of carbonyl (C=O) groups excluding carboxylic acids is 1. The summed E-state index contributed by atoms with van der Waals surface area (Å²) < 4.78 is 25.9. The molecule has 0 spiro atoms. The van der Waals surface area contributed by atoms with E-state index in [1.807, 2.05) is 13.8 Å². The minimum atomic E-state index is -3.40. The van der Waals surface area contributed by atoms with Crippen LogP contribution in [0.3, 0.4) is 0 Å². The molecule has 23 heavy (non-hydrogen) atoms. The topological polar surface area (TPSA) is 75.3 Å². The highest BCUT2D eigenvalue weighted by atomic mass is 35.5. The zero-order chi connectivity index (χ0) is 16.2. The molecule has 1 aliphatic carbocycles. The lowest BCUT2D eigenvalue weighted by Crippen LogP contribution is -2.51. The van der Waals surface area contributed by atoms with Crippen LogP contribution in [0.2, 0.25) is 0 Å². The van der Waals surface area contributed by atoms with Crippen LogP contribution in [0.5, 0.6) is 0 Å². The average Bonchev–Trinajstić information content (AvgIpc) is 2.48. The van der Waals surface area contributed by atoms with Gasteiger partial charge in [-0.05, 0) is 44.7 Å². The summed E-state index contributed by atoms with van der Waals surface area (Å²) in [5, 5.41) is 5.02. The molecular weight excluding hydrogens is 336 g/mol. The minimum Gasteiger partial charge on any atom is -0.352 e. The van der Waals surface area contributed by atoms with Crippen molar-refractivity contribution >= 4 is 28.2 Å². The average molecular weight is 367 g/mol. The maximum absolute atomic E-state index is 12.9. The number of halogens is 1. The first-order valence-corrected chi connectivity index (χ1v) is 10.3. The van der Waals surface area contributed by atoms with E-state index in [4.69, 9.17) is 0 Å². The lowest BCUT2D eigenvalue weighted by Gasteiger charge is -2.31. The molecule has 1 saturated heterocycles. The van der Waals surface area contributed by atoms with Crippen LogP contribution in [-0.4, -0.2) is 44.0 Å². The van der Waals surface area contributed by atoms with Gasteiger partial charge in [-0.2, -0.15) is 0 Å². The Morgan fingerprint density at radius 2 is 1.61 bits per heavy atom. The highest BCUT2D eigenvalue weighted by Gasteiger charge is 2.41. The molecule has 1 saturated carbocycles. The van der Waals surface area contributed by atoms with Gasteiger partial charge in [0.15, 0.2) is 9.84 Å². The summed E-state index contributed by atoms with van der Waals surface area (Å²) in [5.41, 5.74) is 0. The van der Waals surface area contributed by atoms with Gasteiger partial charge in [0, 0.05) is 6.04 Å². The molecular formula is C16H31ClN2O3S. The van der Waals surface area contributed by atoms with Crippen molar-refractivity contribution < 1.29 is 13.2 Å². The second-order valence-corrected chi connectivity index (χ2v) is 9.40. The molecule has 1 aliphatic heterocycles. The fourth-order valence-corrected chi connectivity index (χ4v) is 6.21. The normalized spacial score (nSPS) is 22.4. The summed E-state index contributed by atoms with van der Waals surface area (Å²) in [6.07, 6.45) is 6.22. The lowest BCUT2D eigenvalue weighted by molar-refractivity contribution is -0.122. The number of rotatable bonds is 5. The van der Waals surface area contributed by atoms with Crippen molar-refractivity contribution in [2.24, 2.45) is 5.92 Å². The fraction of sp³-hybridized carbons (Fsp3) is 0.938. The molecule has 1 amide bonds. The molecule has 0 aromatic carbocycles. The third-order valence-electron chi connectivity index (χ3n) is 4.92. The molecule has 1 unspecified atom stereocenters. The Morgan fingerprint density at radius 3 is 2.13 bits per heavy atom. The van der Waals surface area contributed by atoms with Gasteiger partial charge in [-0.25, -0.2) is 8.42 Å². The number of hydrogen-bond acceptors (Lipinski definition) is 4. The van der Waals surface area contributed by atoms with Crippen molar-refractivity contribution in [1.29, 1.82) is 0 Å². The van der Waals surface area contributed by atoms with E-state index < -0.39 is 15.1 Å². The number of piperidine rings is 1. The van der Waals surface area contributed by atoms with Gasteiger partial charge in [0.1, 0.15) is 5.25 Å². The van der Waals surface area contributed by atoms with Crippen molar-refractivity contribution in [3.05, 3.63) is 0 Å². The molecule has 1 atom stereocenters. The third kappa shape index (κ3) is 5.33. The van der Waals surface area contributed by atoms with E-state index in [1.165, 1.54) is 0 Å². The molecule has 2 rings (SSSR count). The van der Waals surface area contributed by atoms with Crippen LogP contribution in [0, 0.1) is 5.92 Å². The summed E-state index contributed by atoms with van der Waals surface area (Å²) >= 11 is 0. The molecule has 5 nitrogen and oxygen atoms in total. The van der Waals surface area contributed by atoms with Gasteiger partial charge in [-0.1, -0.05) is 33.1 Å². The summed E-state index contributed by atoms with van der Waals surface area (Å²) in [4.78, 5) is 12.6. The summed E-state index contributed by atoms with van der Waals surface area (Å²) in [6.45, 7) is 5.44. The Hall–Kier alpha value is -0.330. The van der Waals surface area contributed by atoms with Crippen molar-refractivity contribution in [2.75, 3.05) is 13.1 Å². The molecule has 2 aliphatic rings. The molecule has 2 fully saturated rings. The third-order valence-corrected chi connectivity index (χ3v) is 7.79. The number of amides is 1. The Morgan fingerprint density at radius 1 is 1.04 bits per heavy atom. The van der Waals surface area contributed by atoms with E-state index in [1.54, 1.807) is 0 Å². The second kappa shape index (κ2) is 9.23. The van der Waals surface area contributed by atoms with E-state index >= 15 is 0 Å². The Kier molecular flexibility index (Phi) is 8.31. The predicted octanol–water partition coefficient (Wildman–Crippen LogP) is 2.05. The second-order valence-electron chi connectivity index (χ2n) is 7.05. The summed E-state index contributed by atoms with van der Waals surface area (Å²) in [6, 6.07) is 0.108. The zero-order valence-electron chi connectivity index (χ0n) is 14.2. The number of sulfone groups is 1. The molecule has 7 heteroatoms. The molecule has 136 valence electrons. The van der Waals surface area contributed by atoms with Gasteiger partial charge in [-0.15, -0.1) is 12.4 Å². The molecule has 0 bridgehead atoms. The van der Waals surface area contributed by atoms with Crippen LogP contribution >= 0.6 is 12.4 Å². The van der Waals surface area contributed by atoms with Crippen LogP contribution < -0.4 is 10.6 Å². The van der Waals surface area contributed by atoms with Crippen molar-refractivity contribution in [3.63, 3.8) is 0 Å². The van der Waals surface area contributed by atoms with Gasteiger partial charge < -0.3 is 10.6 Å². The van der Waals surface area contributed by atoms with E-state index in [9.17, 15) is 13.2 Å². The van der Waals surface area contributed by atoms with Gasteiger partial charge in [0.25, 0.3) is 0 Å². The van der Waals surface area contributed by atoms with E-state index in [0.29, 0.717) is 12.8 Å². The van der Waals surface area contributed by atoms with Crippen LogP contribution in [0.4, 0.5) is 0 Å². The number of hydrogen-bond donors (Lipinski definition) is 2. The minimum absolute atomic E-state index is 0. The fourth-order valence-electron chi connectivity index (χ4n) is 3.68. The van der Waals surface area contributed by atoms with Crippen molar-refractivity contribution in [1.82, 2.24) is 10.6 Å². The number of nitrogens with one attached hydrogen (secondary N) is 2. The molecule has 0 aromatic heterocycles. The van der Waals surface area contributed by atoms with Crippen LogP contribution in [0.1, 0.15) is 58.8 Å². The van der Waals surface area contributed by atoms with Gasteiger partial charge in [0.2, 0.25) is 5.91 Å². The molecule has 0 aromatic rings. The maximum Gasteiger partial charge on any atom is 0.238 e. The van der Waals surface area contributed by atoms with Crippen LogP contribution in [0.25, 0.3) is 0 Å². The first-order valence-electron chi connectivity index (χ1n) is 8.66. The molecule has 1 heterocycles. The smallest absolute Gasteiger partial charge is 0.238 e. The quantitative estimate of drug-likeness (QED) is 0.780. The lowest BCUT2D eigenvalue weighted by atomic mass is 10.0. The monoisotopic (exact) mass is 366 g/mol. The van der Waals surface area contributed by atoms with Crippen molar-refractivity contribution in [3.8, 4) is 0 Å². The Bertz CT molecular complexity index is 470. The van der Waals surface area contributed by atoms with Crippen LogP contribution in [0.15, 0.2) is 0 Å². The number of carbonyl (C=O) groups is 1. The van der Waals surface area contributed by atoms with E-state index in [-0.39, 0.29) is 35.5 Å². The summed E-state index contributed by atoms with van der Waals surface area (Å²) in [7, 11) is -3.40. The SMILES string of the molecule is CC(C)C(C(=O)NC1CCNCC1)S(=O)(=O)C1CCCCC1.Cl. The first-order chi connectivity index (χ1) is 10.4. The Balaban J connectivity index is 0.00000264. The van der Waals surface area contributed by atoms with Crippen LogP contribution in [-0.2, 0) is 14.6 Å². The first kappa shape index (κ1) is 20.7. The molecule has 0 radical (unpaired) electrons. The van der Waals surface area contributed by atoms with Gasteiger partial charge >= 0.3 is 0 Å². The van der Waals surface area contributed by atoms with E-state index in [0.717, 1.165) is 45.2 Å². The standard InChI is InChI=1S/C16H30N2O3S.ClH/c1-12(2)15(16(19)18-13-8-10-17-11-9-13)22(20,21)14-6-4-3-5-7-14;/h12-15,17H,3-11H2,1-2H3,(H,18,19);1H. The zero-order valence-corrected chi connectivity index (χ0v) is 15.8. The largest absolute Gasteiger partial charge is 0.352 e. The Labute approximate surface area is 146 Å². The predicted molar refractivity (Wildman–Crippen MR) is 95.7 cm³/mol. The highest BCUT2D eigenvalue weighted by molar-refractivity contribution is 7.93. The van der Waals surface area contributed by atoms with Crippen molar-refractivity contribution in [2.45, 2.75) is 75.3 Å². The van der Waals surface area contributed by atoms with Gasteiger partial charge in [-0.3, -0.25) is 4.79 Å².